The molecule has 0 radical (unpaired) electrons. The lowest BCUT2D eigenvalue weighted by Crippen LogP contribution is -2.54. The van der Waals surface area contributed by atoms with E-state index in [1.165, 1.54) is 18.2 Å². The second-order valence-corrected chi connectivity index (χ2v) is 11.5. The predicted molar refractivity (Wildman–Crippen MR) is 147 cm³/mol. The van der Waals surface area contributed by atoms with Crippen LogP contribution in [-0.2, 0) is 24.8 Å². The maximum atomic E-state index is 15.1. The SMILES string of the molecule is O=C(NC1CCCC1)N[C@](Cc1ccccc1)(c1cc(F)cc(OC(F)(F)C(F)F)c1)c1ccc2c(c1)CC(F)(F)C(F)(F)C2. The van der Waals surface area contributed by atoms with E-state index in [9.17, 15) is 39.9 Å². The second kappa shape index (κ2) is 12.1. The first-order valence-corrected chi connectivity index (χ1v) is 14.3. The summed E-state index contributed by atoms with van der Waals surface area (Å²) in [7, 11) is 0. The molecule has 2 N–H and O–H groups in total. The van der Waals surface area contributed by atoms with Crippen LogP contribution >= 0.6 is 0 Å². The molecule has 45 heavy (non-hydrogen) atoms. The van der Waals surface area contributed by atoms with Crippen LogP contribution in [0.4, 0.5) is 44.3 Å². The van der Waals surface area contributed by atoms with Gasteiger partial charge in [0.25, 0.3) is 0 Å². The third-order valence-electron chi connectivity index (χ3n) is 8.26. The quantitative estimate of drug-likeness (QED) is 0.231. The van der Waals surface area contributed by atoms with Crippen molar-refractivity contribution in [3.63, 3.8) is 0 Å². The summed E-state index contributed by atoms with van der Waals surface area (Å²) >= 11 is 0. The van der Waals surface area contributed by atoms with Gasteiger partial charge >= 0.3 is 30.4 Å². The summed E-state index contributed by atoms with van der Waals surface area (Å²) in [6.45, 7) is 0. The summed E-state index contributed by atoms with van der Waals surface area (Å²) < 4.78 is 130. The van der Waals surface area contributed by atoms with Crippen LogP contribution in [0.5, 0.6) is 5.75 Å². The number of urea groups is 1. The van der Waals surface area contributed by atoms with E-state index in [1.54, 1.807) is 30.3 Å². The summed E-state index contributed by atoms with van der Waals surface area (Å²) in [4.78, 5) is 13.5. The van der Waals surface area contributed by atoms with Crippen LogP contribution in [0.15, 0.2) is 66.7 Å². The fourth-order valence-corrected chi connectivity index (χ4v) is 5.98. The van der Waals surface area contributed by atoms with Gasteiger partial charge in [0, 0.05) is 31.4 Å². The Morgan fingerprint density at radius 3 is 2.16 bits per heavy atom. The van der Waals surface area contributed by atoms with Crippen molar-refractivity contribution in [3.05, 3.63) is 100 Å². The maximum Gasteiger partial charge on any atom is 0.461 e. The highest BCUT2D eigenvalue weighted by Crippen LogP contribution is 2.46. The minimum atomic E-state index is -5.00. The molecule has 0 heterocycles. The Bertz CT molecular complexity index is 1530. The molecule has 1 fully saturated rings. The van der Waals surface area contributed by atoms with Crippen molar-refractivity contribution in [2.75, 3.05) is 0 Å². The van der Waals surface area contributed by atoms with E-state index in [2.05, 4.69) is 15.4 Å². The number of halogens is 9. The van der Waals surface area contributed by atoms with E-state index in [0.29, 0.717) is 24.5 Å². The first-order valence-electron chi connectivity index (χ1n) is 14.3. The Morgan fingerprint density at radius 1 is 0.867 bits per heavy atom. The van der Waals surface area contributed by atoms with Gasteiger partial charge in [0.1, 0.15) is 11.6 Å². The van der Waals surface area contributed by atoms with Crippen LogP contribution in [0.2, 0.25) is 0 Å². The highest BCUT2D eigenvalue weighted by molar-refractivity contribution is 5.76. The maximum absolute atomic E-state index is 15.1. The molecule has 0 aliphatic heterocycles. The number of carbonyl (C=O) groups is 1. The third-order valence-corrected chi connectivity index (χ3v) is 8.26. The molecule has 1 saturated carbocycles. The Labute approximate surface area is 253 Å². The number of benzene rings is 3. The van der Waals surface area contributed by atoms with E-state index in [1.807, 2.05) is 0 Å². The second-order valence-electron chi connectivity index (χ2n) is 11.5. The normalized spacial score (nSPS) is 19.1. The highest BCUT2D eigenvalue weighted by atomic mass is 19.3. The molecule has 2 amide bonds. The van der Waals surface area contributed by atoms with Crippen molar-refractivity contribution in [1.82, 2.24) is 10.6 Å². The third kappa shape index (κ3) is 6.86. The average molecular weight is 645 g/mol. The lowest BCUT2D eigenvalue weighted by molar-refractivity contribution is -0.253. The van der Waals surface area contributed by atoms with Gasteiger partial charge in [-0.15, -0.1) is 0 Å². The first kappa shape index (κ1) is 32.5. The van der Waals surface area contributed by atoms with Crippen molar-refractivity contribution in [2.45, 2.75) is 80.9 Å². The number of fused-ring (bicyclic) bond motifs is 1. The summed E-state index contributed by atoms with van der Waals surface area (Å²) in [6.07, 6.45) is -9.01. The van der Waals surface area contributed by atoms with E-state index in [0.717, 1.165) is 25.0 Å². The van der Waals surface area contributed by atoms with Crippen LogP contribution in [0, 0.1) is 5.82 Å². The zero-order valence-corrected chi connectivity index (χ0v) is 23.7. The van der Waals surface area contributed by atoms with Crippen LogP contribution < -0.4 is 15.4 Å². The van der Waals surface area contributed by atoms with Crippen molar-refractivity contribution >= 4 is 6.03 Å². The number of alkyl halides is 8. The topological polar surface area (TPSA) is 50.4 Å². The number of hydrogen-bond acceptors (Lipinski definition) is 2. The number of nitrogens with one attached hydrogen (secondary N) is 2. The van der Waals surface area contributed by atoms with Crippen molar-refractivity contribution in [2.24, 2.45) is 0 Å². The van der Waals surface area contributed by atoms with Gasteiger partial charge in [-0.25, -0.2) is 9.18 Å². The van der Waals surface area contributed by atoms with Gasteiger partial charge in [0.15, 0.2) is 0 Å². The predicted octanol–water partition coefficient (Wildman–Crippen LogP) is 8.16. The average Bonchev–Trinajstić information content (AvgIpc) is 3.45. The van der Waals surface area contributed by atoms with Gasteiger partial charge in [-0.1, -0.05) is 61.4 Å². The van der Waals surface area contributed by atoms with E-state index >= 15 is 4.39 Å². The molecule has 3 aromatic rings. The standard InChI is InChI=1S/C32H29F9N2O2/c33-24-13-23(14-26(15-24)45-32(40,41)27(34)35)29(16-19-6-2-1-3-7-19,43-28(44)42-25-8-4-5-9-25)22-11-10-20-17-30(36,37)31(38,39)18-21(20)12-22/h1-3,6-7,10-15,25,27H,4-5,8-9,16-18H2,(H2,42,43,44)/t29-/m0/s1. The van der Waals surface area contributed by atoms with Crippen molar-refractivity contribution in [1.29, 1.82) is 0 Å². The zero-order chi connectivity index (χ0) is 32.6. The molecule has 242 valence electrons. The van der Waals surface area contributed by atoms with Gasteiger partial charge in [0.05, 0.1) is 5.54 Å². The van der Waals surface area contributed by atoms with Crippen LogP contribution in [-0.4, -0.2) is 36.5 Å². The fourth-order valence-electron chi connectivity index (χ4n) is 5.98. The van der Waals surface area contributed by atoms with Gasteiger partial charge < -0.3 is 15.4 Å². The first-order chi connectivity index (χ1) is 21.1. The number of rotatable bonds is 9. The number of carbonyl (C=O) groups excluding carboxylic acids is 1. The van der Waals surface area contributed by atoms with Gasteiger partial charge in [0.2, 0.25) is 0 Å². The summed E-state index contributed by atoms with van der Waals surface area (Å²) in [5, 5.41) is 5.59. The summed E-state index contributed by atoms with van der Waals surface area (Å²) in [5.41, 5.74) is -1.85. The molecule has 2 aliphatic rings. The molecular weight excluding hydrogens is 615 g/mol. The molecule has 0 aromatic heterocycles. The lowest BCUT2D eigenvalue weighted by Gasteiger charge is -2.39. The van der Waals surface area contributed by atoms with Crippen molar-refractivity contribution in [3.8, 4) is 5.75 Å². The monoisotopic (exact) mass is 644 g/mol. The molecule has 2 aliphatic carbocycles. The Balaban J connectivity index is 1.70. The molecule has 13 heteroatoms. The van der Waals surface area contributed by atoms with E-state index in [-0.39, 0.29) is 34.7 Å². The molecule has 1 atom stereocenters. The van der Waals surface area contributed by atoms with E-state index in [4.69, 9.17) is 0 Å². The highest BCUT2D eigenvalue weighted by Gasteiger charge is 2.58. The van der Waals surface area contributed by atoms with Crippen LogP contribution in [0.25, 0.3) is 0 Å². The number of hydrogen-bond donors (Lipinski definition) is 2. The smallest absolute Gasteiger partial charge is 0.428 e. The van der Waals surface area contributed by atoms with Gasteiger partial charge in [-0.05, 0) is 52.8 Å². The zero-order valence-electron chi connectivity index (χ0n) is 23.7. The molecule has 0 unspecified atom stereocenters. The minimum absolute atomic E-state index is 0.0323. The Kier molecular flexibility index (Phi) is 8.76. The molecule has 3 aromatic carbocycles. The molecule has 0 saturated heterocycles. The molecule has 0 spiro atoms. The van der Waals surface area contributed by atoms with Crippen LogP contribution in [0.1, 0.15) is 53.5 Å². The fraction of sp³-hybridized carbons (Fsp3) is 0.406. The van der Waals surface area contributed by atoms with Crippen LogP contribution in [0.3, 0.4) is 0 Å². The largest absolute Gasteiger partial charge is 0.461 e. The number of amides is 2. The molecule has 5 rings (SSSR count). The Morgan fingerprint density at radius 2 is 1.51 bits per heavy atom. The van der Waals surface area contributed by atoms with Crippen molar-refractivity contribution < 1.29 is 49.0 Å². The molecule has 0 bridgehead atoms. The summed E-state index contributed by atoms with van der Waals surface area (Å²) in [5.74, 6) is -10.9. The Hall–Kier alpha value is -3.90. The van der Waals surface area contributed by atoms with Gasteiger partial charge in [-0.2, -0.15) is 35.1 Å². The summed E-state index contributed by atoms with van der Waals surface area (Å²) in [6, 6.07) is 13.1. The van der Waals surface area contributed by atoms with Gasteiger partial charge in [-0.3, -0.25) is 0 Å². The molecule has 4 nitrogen and oxygen atoms in total. The van der Waals surface area contributed by atoms with E-state index < -0.39 is 60.4 Å². The lowest BCUT2D eigenvalue weighted by atomic mass is 9.75. The molecular formula is C32H29F9N2O2. The minimum Gasteiger partial charge on any atom is -0.428 e. The number of ether oxygens (including phenoxy) is 1.